The van der Waals surface area contributed by atoms with Crippen molar-refractivity contribution in [1.29, 1.82) is 0 Å². The third-order valence-electron chi connectivity index (χ3n) is 6.14. The third-order valence-corrected chi connectivity index (χ3v) is 6.14. The molecule has 11 heteroatoms. The van der Waals surface area contributed by atoms with Crippen LogP contribution in [0.5, 0.6) is 28.7 Å². The fraction of sp³-hybridized carbons (Fsp3) is 0.346. The van der Waals surface area contributed by atoms with Crippen molar-refractivity contribution >= 4 is 23.1 Å². The number of nitrogens with one attached hydrogen (secondary N) is 1. The topological polar surface area (TPSA) is 108 Å². The summed E-state index contributed by atoms with van der Waals surface area (Å²) in [7, 11) is 7.81. The van der Waals surface area contributed by atoms with Crippen molar-refractivity contribution in [2.75, 3.05) is 76.8 Å². The van der Waals surface area contributed by atoms with E-state index in [9.17, 15) is 4.79 Å². The van der Waals surface area contributed by atoms with Gasteiger partial charge in [0.15, 0.2) is 23.0 Å². The lowest BCUT2D eigenvalue weighted by atomic mass is 10.2. The maximum Gasteiger partial charge on any atom is 0.274 e. The third kappa shape index (κ3) is 5.55. The summed E-state index contributed by atoms with van der Waals surface area (Å²) in [5.74, 6) is 3.03. The smallest absolute Gasteiger partial charge is 0.274 e. The number of rotatable bonds is 9. The molecular formula is C26H31N5O6. The van der Waals surface area contributed by atoms with Crippen molar-refractivity contribution in [3.8, 4) is 28.7 Å². The van der Waals surface area contributed by atoms with E-state index in [1.54, 1.807) is 32.4 Å². The number of aromatic nitrogens is 2. The maximum absolute atomic E-state index is 13.0. The van der Waals surface area contributed by atoms with Crippen molar-refractivity contribution in [3.05, 3.63) is 48.4 Å². The SMILES string of the molecule is COc1ccc(N2CCN(c3cc(C(=O)Nc4cc(OC)c(OC)c(OC)c4)ncn3)CC2)cc1OC. The zero-order valence-electron chi connectivity index (χ0n) is 21.6. The van der Waals surface area contributed by atoms with Gasteiger partial charge in [-0.25, -0.2) is 9.97 Å². The first-order valence-electron chi connectivity index (χ1n) is 11.7. The molecule has 1 amide bonds. The quantitative estimate of drug-likeness (QED) is 0.462. The Morgan fingerprint density at radius 3 is 1.95 bits per heavy atom. The number of benzene rings is 2. The van der Waals surface area contributed by atoms with E-state index in [4.69, 9.17) is 23.7 Å². The molecule has 1 saturated heterocycles. The number of carbonyl (C=O) groups excluding carboxylic acids is 1. The van der Waals surface area contributed by atoms with E-state index in [0.29, 0.717) is 40.3 Å². The van der Waals surface area contributed by atoms with Gasteiger partial charge in [-0.1, -0.05) is 0 Å². The molecule has 0 spiro atoms. The standard InChI is InChI=1S/C26H31N5O6/c1-33-20-7-6-18(14-21(20)34-2)30-8-10-31(11-9-30)24-15-19(27-16-28-24)26(32)29-17-12-22(35-3)25(37-5)23(13-17)36-4/h6-7,12-16H,8-11H2,1-5H3,(H,29,32). The minimum absolute atomic E-state index is 0.251. The fourth-order valence-electron chi connectivity index (χ4n) is 4.21. The molecule has 1 aromatic heterocycles. The van der Waals surface area contributed by atoms with Crippen LogP contribution in [0.2, 0.25) is 0 Å². The second-order valence-corrected chi connectivity index (χ2v) is 8.14. The second-order valence-electron chi connectivity index (χ2n) is 8.14. The first kappa shape index (κ1) is 25.7. The van der Waals surface area contributed by atoms with Crippen LogP contribution in [0, 0.1) is 0 Å². The van der Waals surface area contributed by atoms with Crippen molar-refractivity contribution in [2.45, 2.75) is 0 Å². The number of piperazine rings is 1. The lowest BCUT2D eigenvalue weighted by Gasteiger charge is -2.36. The summed E-state index contributed by atoms with van der Waals surface area (Å²) in [6.07, 6.45) is 1.40. The molecule has 0 bridgehead atoms. The van der Waals surface area contributed by atoms with E-state index in [-0.39, 0.29) is 11.6 Å². The predicted molar refractivity (Wildman–Crippen MR) is 140 cm³/mol. The van der Waals surface area contributed by atoms with Gasteiger partial charge in [-0.05, 0) is 12.1 Å². The molecule has 1 aliphatic heterocycles. The van der Waals surface area contributed by atoms with E-state index in [0.717, 1.165) is 31.9 Å². The molecule has 4 rings (SSSR count). The highest BCUT2D eigenvalue weighted by Gasteiger charge is 2.21. The summed E-state index contributed by atoms with van der Waals surface area (Å²) in [6.45, 7) is 3.04. The van der Waals surface area contributed by atoms with Crippen molar-refractivity contribution in [1.82, 2.24) is 9.97 Å². The van der Waals surface area contributed by atoms with E-state index in [2.05, 4.69) is 25.1 Å². The van der Waals surface area contributed by atoms with Crippen LogP contribution >= 0.6 is 0 Å². The van der Waals surface area contributed by atoms with Crippen LogP contribution in [0.1, 0.15) is 10.5 Å². The van der Waals surface area contributed by atoms with Crippen LogP contribution in [-0.2, 0) is 0 Å². The predicted octanol–water partition coefficient (Wildman–Crippen LogP) is 3.10. The number of nitrogens with zero attached hydrogens (tertiary/aromatic N) is 4. The normalized spacial score (nSPS) is 13.1. The number of anilines is 3. The molecule has 0 saturated carbocycles. The molecule has 1 N–H and O–H groups in total. The summed E-state index contributed by atoms with van der Waals surface area (Å²) in [5, 5.41) is 2.84. The highest BCUT2D eigenvalue weighted by molar-refractivity contribution is 6.03. The van der Waals surface area contributed by atoms with E-state index in [1.165, 1.54) is 27.7 Å². The second kappa shape index (κ2) is 11.5. The van der Waals surface area contributed by atoms with E-state index >= 15 is 0 Å². The molecule has 2 aromatic carbocycles. The average Bonchev–Trinajstić information content (AvgIpc) is 2.96. The Morgan fingerprint density at radius 2 is 1.35 bits per heavy atom. The van der Waals surface area contributed by atoms with E-state index in [1.807, 2.05) is 18.2 Å². The number of hydrogen-bond acceptors (Lipinski definition) is 10. The van der Waals surface area contributed by atoms with Gasteiger partial charge in [0.05, 0.1) is 35.5 Å². The minimum atomic E-state index is -0.373. The Hall–Kier alpha value is -4.41. The molecule has 3 aromatic rings. The first-order chi connectivity index (χ1) is 18.0. The zero-order valence-corrected chi connectivity index (χ0v) is 21.6. The Morgan fingerprint density at radius 1 is 0.730 bits per heavy atom. The van der Waals surface area contributed by atoms with Crippen LogP contribution in [0.25, 0.3) is 0 Å². The lowest BCUT2D eigenvalue weighted by molar-refractivity contribution is 0.102. The molecule has 37 heavy (non-hydrogen) atoms. The van der Waals surface area contributed by atoms with Crippen LogP contribution in [0.15, 0.2) is 42.7 Å². The summed E-state index contributed by atoms with van der Waals surface area (Å²) >= 11 is 0. The van der Waals surface area contributed by atoms with Gasteiger partial charge in [0, 0.05) is 61.8 Å². The van der Waals surface area contributed by atoms with Gasteiger partial charge in [-0.2, -0.15) is 0 Å². The number of hydrogen-bond donors (Lipinski definition) is 1. The molecular weight excluding hydrogens is 478 g/mol. The molecule has 11 nitrogen and oxygen atoms in total. The minimum Gasteiger partial charge on any atom is -0.493 e. The molecule has 0 unspecified atom stereocenters. The van der Waals surface area contributed by atoms with Crippen molar-refractivity contribution in [2.24, 2.45) is 0 Å². The molecule has 1 fully saturated rings. The highest BCUT2D eigenvalue weighted by Crippen LogP contribution is 2.40. The highest BCUT2D eigenvalue weighted by atomic mass is 16.5. The molecule has 1 aliphatic rings. The van der Waals surface area contributed by atoms with Gasteiger partial charge in [0.1, 0.15) is 17.8 Å². The van der Waals surface area contributed by atoms with Crippen LogP contribution in [0.3, 0.4) is 0 Å². The largest absolute Gasteiger partial charge is 0.493 e. The van der Waals surface area contributed by atoms with Gasteiger partial charge < -0.3 is 38.8 Å². The summed E-state index contributed by atoms with van der Waals surface area (Å²) in [4.78, 5) is 26.0. The number of ether oxygens (including phenoxy) is 5. The summed E-state index contributed by atoms with van der Waals surface area (Å²) < 4.78 is 26.8. The fourth-order valence-corrected chi connectivity index (χ4v) is 4.21. The Balaban J connectivity index is 1.44. The van der Waals surface area contributed by atoms with Gasteiger partial charge in [-0.3, -0.25) is 4.79 Å². The number of methoxy groups -OCH3 is 5. The molecule has 0 aliphatic carbocycles. The van der Waals surface area contributed by atoms with Crippen molar-refractivity contribution < 1.29 is 28.5 Å². The van der Waals surface area contributed by atoms with Gasteiger partial charge in [-0.15, -0.1) is 0 Å². The maximum atomic E-state index is 13.0. The summed E-state index contributed by atoms with van der Waals surface area (Å²) in [6, 6.07) is 10.9. The molecule has 2 heterocycles. The van der Waals surface area contributed by atoms with E-state index < -0.39 is 0 Å². The van der Waals surface area contributed by atoms with Crippen LogP contribution in [-0.4, -0.2) is 77.6 Å². The van der Waals surface area contributed by atoms with Crippen LogP contribution < -0.4 is 38.8 Å². The van der Waals surface area contributed by atoms with Gasteiger partial charge >= 0.3 is 0 Å². The number of amides is 1. The lowest BCUT2D eigenvalue weighted by Crippen LogP contribution is -2.46. The Kier molecular flexibility index (Phi) is 8.02. The van der Waals surface area contributed by atoms with Crippen molar-refractivity contribution in [3.63, 3.8) is 0 Å². The first-order valence-corrected chi connectivity index (χ1v) is 11.7. The summed E-state index contributed by atoms with van der Waals surface area (Å²) in [5.41, 5.74) is 1.80. The van der Waals surface area contributed by atoms with Gasteiger partial charge in [0.25, 0.3) is 5.91 Å². The van der Waals surface area contributed by atoms with Crippen LogP contribution in [0.4, 0.5) is 17.2 Å². The Labute approximate surface area is 215 Å². The van der Waals surface area contributed by atoms with Gasteiger partial charge in [0.2, 0.25) is 5.75 Å². The molecule has 0 radical (unpaired) electrons. The average molecular weight is 510 g/mol. The molecule has 196 valence electrons. The Bertz CT molecular complexity index is 1220. The molecule has 0 atom stereocenters. The zero-order chi connectivity index (χ0) is 26.4. The monoisotopic (exact) mass is 509 g/mol. The number of carbonyl (C=O) groups is 1.